The van der Waals surface area contributed by atoms with E-state index in [1.807, 2.05) is 6.07 Å². The van der Waals surface area contributed by atoms with E-state index in [1.165, 1.54) is 10.4 Å². The van der Waals surface area contributed by atoms with Gasteiger partial charge in [0.2, 0.25) is 0 Å². The van der Waals surface area contributed by atoms with E-state index in [2.05, 4.69) is 29.2 Å². The van der Waals surface area contributed by atoms with Gasteiger partial charge in [-0.05, 0) is 31.2 Å². The number of nitrogens with zero attached hydrogens (tertiary/aromatic N) is 1. The molecular weight excluding hydrogens is 242 g/mol. The third-order valence-corrected chi connectivity index (χ3v) is 4.74. The molecule has 18 heavy (non-hydrogen) atoms. The number of nitrogen functional groups attached to an aromatic ring is 1. The van der Waals surface area contributed by atoms with Crippen LogP contribution in [0.15, 0.2) is 30.3 Å². The van der Waals surface area contributed by atoms with Crippen LogP contribution in [-0.2, 0) is 18.4 Å². The predicted octanol–water partition coefficient (Wildman–Crippen LogP) is 2.46. The number of anilines is 1. The van der Waals surface area contributed by atoms with E-state index in [1.54, 1.807) is 11.3 Å². The molecule has 1 aromatic heterocycles. The van der Waals surface area contributed by atoms with Gasteiger partial charge in [-0.15, -0.1) is 11.3 Å². The van der Waals surface area contributed by atoms with Crippen LogP contribution in [0.3, 0.4) is 0 Å². The fraction of sp³-hybridized carbons (Fsp3) is 0.357. The van der Waals surface area contributed by atoms with Crippen molar-refractivity contribution in [2.75, 3.05) is 5.73 Å². The van der Waals surface area contributed by atoms with Crippen molar-refractivity contribution in [1.29, 1.82) is 0 Å². The van der Waals surface area contributed by atoms with E-state index >= 15 is 0 Å². The van der Waals surface area contributed by atoms with Crippen LogP contribution in [0.25, 0.3) is 0 Å². The summed E-state index contributed by atoms with van der Waals surface area (Å²) < 4.78 is 0. The van der Waals surface area contributed by atoms with E-state index < -0.39 is 0 Å². The molecule has 1 unspecified atom stereocenters. The van der Waals surface area contributed by atoms with Gasteiger partial charge in [0.05, 0.1) is 5.69 Å². The van der Waals surface area contributed by atoms with Gasteiger partial charge < -0.3 is 11.5 Å². The van der Waals surface area contributed by atoms with Crippen LogP contribution in [0, 0.1) is 0 Å². The van der Waals surface area contributed by atoms with Crippen molar-refractivity contribution in [2.45, 2.75) is 31.2 Å². The maximum atomic E-state index is 6.60. The second-order valence-corrected chi connectivity index (χ2v) is 6.06. The minimum Gasteiger partial charge on any atom is -0.375 e. The quantitative estimate of drug-likeness (QED) is 0.773. The third-order valence-electron chi connectivity index (χ3n) is 3.75. The van der Waals surface area contributed by atoms with Gasteiger partial charge in [0.15, 0.2) is 5.13 Å². The first-order valence-electron chi connectivity index (χ1n) is 6.26. The van der Waals surface area contributed by atoms with Gasteiger partial charge in [-0.2, -0.15) is 0 Å². The lowest BCUT2D eigenvalue weighted by molar-refractivity contribution is 0.388. The number of nitrogens with two attached hydrogens (primary N) is 2. The first-order valence-corrected chi connectivity index (χ1v) is 7.07. The van der Waals surface area contributed by atoms with Crippen molar-refractivity contribution in [3.8, 4) is 0 Å². The minimum atomic E-state index is -0.226. The molecule has 2 aromatic rings. The molecule has 0 aliphatic heterocycles. The fourth-order valence-electron chi connectivity index (χ4n) is 2.66. The Bertz CT molecular complexity index is 522. The van der Waals surface area contributed by atoms with Crippen molar-refractivity contribution in [3.63, 3.8) is 0 Å². The first kappa shape index (κ1) is 11.7. The second kappa shape index (κ2) is 4.37. The van der Waals surface area contributed by atoms with Crippen molar-refractivity contribution < 1.29 is 0 Å². The number of hydrogen-bond donors (Lipinski definition) is 2. The van der Waals surface area contributed by atoms with Crippen molar-refractivity contribution in [2.24, 2.45) is 5.73 Å². The van der Waals surface area contributed by atoms with Crippen LogP contribution in [-0.4, -0.2) is 4.98 Å². The summed E-state index contributed by atoms with van der Waals surface area (Å²) in [6.45, 7) is 0. The van der Waals surface area contributed by atoms with Crippen LogP contribution >= 0.6 is 11.3 Å². The molecule has 0 saturated carbocycles. The van der Waals surface area contributed by atoms with Gasteiger partial charge in [-0.25, -0.2) is 4.98 Å². The number of thiazole rings is 1. The molecular formula is C14H17N3S. The topological polar surface area (TPSA) is 64.9 Å². The summed E-state index contributed by atoms with van der Waals surface area (Å²) in [6, 6.07) is 10.4. The summed E-state index contributed by atoms with van der Waals surface area (Å²) in [5.41, 5.74) is 14.5. The smallest absolute Gasteiger partial charge is 0.180 e. The number of rotatable bonds is 1. The standard InChI is InChI=1S/C14H17N3S/c15-13-17-11-6-8-14(16,9-7-12(11)18-13)10-4-2-1-3-5-10/h1-5H,6-9,16H2,(H2,15,17). The molecule has 1 aliphatic carbocycles. The highest BCUT2D eigenvalue weighted by Crippen LogP contribution is 2.35. The van der Waals surface area contributed by atoms with E-state index in [0.29, 0.717) is 5.13 Å². The molecule has 4 heteroatoms. The Morgan fingerprint density at radius 3 is 2.61 bits per heavy atom. The molecule has 1 atom stereocenters. The normalized spacial score (nSPS) is 23.4. The number of benzene rings is 1. The molecule has 1 heterocycles. The van der Waals surface area contributed by atoms with E-state index in [0.717, 1.165) is 31.4 Å². The molecule has 94 valence electrons. The van der Waals surface area contributed by atoms with Crippen LogP contribution in [0.5, 0.6) is 0 Å². The van der Waals surface area contributed by atoms with Crippen molar-refractivity contribution in [3.05, 3.63) is 46.5 Å². The molecule has 0 radical (unpaired) electrons. The molecule has 0 bridgehead atoms. The highest BCUT2D eigenvalue weighted by Gasteiger charge is 2.31. The van der Waals surface area contributed by atoms with E-state index in [4.69, 9.17) is 11.5 Å². The molecule has 0 spiro atoms. The summed E-state index contributed by atoms with van der Waals surface area (Å²) in [7, 11) is 0. The molecule has 0 amide bonds. The zero-order chi connectivity index (χ0) is 12.6. The molecule has 1 aliphatic rings. The van der Waals surface area contributed by atoms with Gasteiger partial charge >= 0.3 is 0 Å². The number of aromatic nitrogens is 1. The van der Waals surface area contributed by atoms with Gasteiger partial charge in [0, 0.05) is 10.4 Å². The number of hydrogen-bond acceptors (Lipinski definition) is 4. The summed E-state index contributed by atoms with van der Waals surface area (Å²) in [5.74, 6) is 0. The lowest BCUT2D eigenvalue weighted by Gasteiger charge is -2.28. The van der Waals surface area contributed by atoms with Gasteiger partial charge in [-0.1, -0.05) is 30.3 Å². The second-order valence-electron chi connectivity index (χ2n) is 4.94. The molecule has 1 aromatic carbocycles. The average Bonchev–Trinajstić information content (AvgIpc) is 2.68. The Morgan fingerprint density at radius 2 is 1.83 bits per heavy atom. The molecule has 0 fully saturated rings. The van der Waals surface area contributed by atoms with Crippen LogP contribution in [0.2, 0.25) is 0 Å². The van der Waals surface area contributed by atoms with Crippen molar-refractivity contribution >= 4 is 16.5 Å². The lowest BCUT2D eigenvalue weighted by Crippen LogP contribution is -2.36. The largest absolute Gasteiger partial charge is 0.375 e. The minimum absolute atomic E-state index is 0.226. The number of aryl methyl sites for hydroxylation is 2. The van der Waals surface area contributed by atoms with Gasteiger partial charge in [-0.3, -0.25) is 0 Å². The Labute approximate surface area is 111 Å². The third kappa shape index (κ3) is 2.02. The highest BCUT2D eigenvalue weighted by atomic mass is 32.1. The Balaban J connectivity index is 1.88. The highest BCUT2D eigenvalue weighted by molar-refractivity contribution is 7.15. The maximum absolute atomic E-state index is 6.60. The van der Waals surface area contributed by atoms with Crippen molar-refractivity contribution in [1.82, 2.24) is 4.98 Å². The molecule has 4 N–H and O–H groups in total. The van der Waals surface area contributed by atoms with Crippen LogP contribution in [0.4, 0.5) is 5.13 Å². The molecule has 3 rings (SSSR count). The summed E-state index contributed by atoms with van der Waals surface area (Å²) in [5, 5.41) is 0.684. The summed E-state index contributed by atoms with van der Waals surface area (Å²) in [4.78, 5) is 5.73. The Kier molecular flexibility index (Phi) is 2.84. The van der Waals surface area contributed by atoms with Crippen LogP contribution in [0.1, 0.15) is 29.0 Å². The average molecular weight is 259 g/mol. The van der Waals surface area contributed by atoms with E-state index in [9.17, 15) is 0 Å². The Morgan fingerprint density at radius 1 is 1.11 bits per heavy atom. The first-order chi connectivity index (χ1) is 8.67. The summed E-state index contributed by atoms with van der Waals surface area (Å²) >= 11 is 1.61. The molecule has 3 nitrogen and oxygen atoms in total. The van der Waals surface area contributed by atoms with E-state index in [-0.39, 0.29) is 5.54 Å². The summed E-state index contributed by atoms with van der Waals surface area (Å²) in [6.07, 6.45) is 3.81. The predicted molar refractivity (Wildman–Crippen MR) is 75.5 cm³/mol. The zero-order valence-corrected chi connectivity index (χ0v) is 11.0. The fourth-order valence-corrected chi connectivity index (χ4v) is 3.53. The number of fused-ring (bicyclic) bond motifs is 1. The van der Waals surface area contributed by atoms with Gasteiger partial charge in [0.25, 0.3) is 0 Å². The van der Waals surface area contributed by atoms with Gasteiger partial charge in [0.1, 0.15) is 0 Å². The zero-order valence-electron chi connectivity index (χ0n) is 10.2. The molecule has 0 saturated heterocycles. The monoisotopic (exact) mass is 259 g/mol. The SMILES string of the molecule is Nc1nc2c(s1)CCC(N)(c1ccccc1)CC2. The Hall–Kier alpha value is -1.39. The lowest BCUT2D eigenvalue weighted by atomic mass is 9.84. The van der Waals surface area contributed by atoms with Crippen LogP contribution < -0.4 is 11.5 Å². The maximum Gasteiger partial charge on any atom is 0.180 e.